The molecule has 11 nitrogen and oxygen atoms in total. The number of allylic oxidation sites excluding steroid dienone is 5. The van der Waals surface area contributed by atoms with Crippen molar-refractivity contribution in [3.8, 4) is 0 Å². The van der Waals surface area contributed by atoms with Crippen molar-refractivity contribution in [1.29, 1.82) is 0 Å². The van der Waals surface area contributed by atoms with E-state index in [-0.39, 0.29) is 19.4 Å². The highest BCUT2D eigenvalue weighted by atomic mass is 16.7. The van der Waals surface area contributed by atoms with Gasteiger partial charge in [0, 0.05) is 6.42 Å². The summed E-state index contributed by atoms with van der Waals surface area (Å²) in [4.78, 5) is 26.4. The normalized spacial score (nSPS) is 20.0. The highest BCUT2D eigenvalue weighted by Crippen LogP contribution is 2.26. The van der Waals surface area contributed by atoms with Gasteiger partial charge in [-0.15, -0.1) is 0 Å². The van der Waals surface area contributed by atoms with Crippen LogP contribution in [0, 0.1) is 0 Å². The van der Waals surface area contributed by atoms with Gasteiger partial charge in [-0.3, -0.25) is 9.59 Å². The van der Waals surface area contributed by atoms with E-state index in [4.69, 9.17) is 14.2 Å². The van der Waals surface area contributed by atoms with Crippen LogP contribution in [0.25, 0.3) is 0 Å². The van der Waals surface area contributed by atoms with Gasteiger partial charge in [-0.05, 0) is 51.4 Å². The third-order valence-electron chi connectivity index (χ3n) is 13.6. The lowest BCUT2D eigenvalue weighted by atomic mass is 9.99. The summed E-state index contributed by atoms with van der Waals surface area (Å²) in [6.45, 7) is 5.67. The molecule has 0 radical (unpaired) electrons. The molecule has 8 atom stereocenters. The number of hydrogen-bond donors (Lipinski definition) is 6. The molecule has 404 valence electrons. The Kier molecular flexibility index (Phi) is 44.1. The summed E-state index contributed by atoms with van der Waals surface area (Å²) in [5.74, 6) is -1.20. The smallest absolute Gasteiger partial charge is 0.306 e. The van der Waals surface area contributed by atoms with E-state index in [1.54, 1.807) is 6.08 Å². The number of esters is 1. The Morgan fingerprint density at radius 2 is 1.04 bits per heavy atom. The van der Waals surface area contributed by atoms with Crippen molar-refractivity contribution in [2.24, 2.45) is 0 Å². The highest BCUT2D eigenvalue weighted by Gasteiger charge is 2.47. The first kappa shape index (κ1) is 64.9. The van der Waals surface area contributed by atoms with Gasteiger partial charge in [0.1, 0.15) is 24.4 Å². The van der Waals surface area contributed by atoms with Gasteiger partial charge >= 0.3 is 5.97 Å². The molecule has 1 heterocycles. The number of rotatable bonds is 48. The minimum Gasteiger partial charge on any atom is -0.454 e. The van der Waals surface area contributed by atoms with Crippen LogP contribution < -0.4 is 5.32 Å². The molecular formula is C58H107NO10. The topological polar surface area (TPSA) is 175 Å². The molecule has 69 heavy (non-hydrogen) atoms. The molecule has 0 aliphatic carbocycles. The maximum atomic E-state index is 13.4. The van der Waals surface area contributed by atoms with E-state index in [9.17, 15) is 35.1 Å². The van der Waals surface area contributed by atoms with Crippen LogP contribution in [0.3, 0.4) is 0 Å². The van der Waals surface area contributed by atoms with E-state index in [0.29, 0.717) is 12.8 Å². The van der Waals surface area contributed by atoms with Crippen LogP contribution in [0.15, 0.2) is 36.5 Å². The Bertz CT molecular complexity index is 1260. The molecule has 1 rings (SSSR count). The van der Waals surface area contributed by atoms with E-state index in [2.05, 4.69) is 50.4 Å². The van der Waals surface area contributed by atoms with Crippen LogP contribution in [0.5, 0.6) is 0 Å². The summed E-state index contributed by atoms with van der Waals surface area (Å²) in [6.07, 6.45) is 43.3. The molecule has 1 fully saturated rings. The van der Waals surface area contributed by atoms with Gasteiger partial charge in [-0.1, -0.05) is 237 Å². The van der Waals surface area contributed by atoms with E-state index in [1.807, 2.05) is 6.08 Å². The van der Waals surface area contributed by atoms with Crippen LogP contribution in [0.4, 0.5) is 0 Å². The lowest BCUT2D eigenvalue weighted by molar-refractivity contribution is -0.305. The average Bonchev–Trinajstić information content (AvgIpc) is 3.34. The Balaban J connectivity index is 2.74. The lowest BCUT2D eigenvalue weighted by Crippen LogP contribution is -2.61. The fourth-order valence-corrected chi connectivity index (χ4v) is 8.98. The first-order valence-corrected chi connectivity index (χ1v) is 28.8. The zero-order valence-electron chi connectivity index (χ0n) is 44.4. The third kappa shape index (κ3) is 35.6. The Morgan fingerprint density at radius 3 is 1.55 bits per heavy atom. The number of carbonyl (C=O) groups excluding carboxylic acids is 2. The highest BCUT2D eigenvalue weighted by molar-refractivity contribution is 5.80. The van der Waals surface area contributed by atoms with Crippen molar-refractivity contribution in [1.82, 2.24) is 5.32 Å². The third-order valence-corrected chi connectivity index (χ3v) is 13.6. The summed E-state index contributed by atoms with van der Waals surface area (Å²) in [5.41, 5.74) is 0. The van der Waals surface area contributed by atoms with Crippen LogP contribution in [-0.4, -0.2) is 99.6 Å². The fraction of sp³-hybridized carbons (Fsp3) is 0.862. The molecular weight excluding hydrogens is 871 g/mol. The number of unbranched alkanes of at least 4 members (excludes halogenated alkanes) is 30. The zero-order chi connectivity index (χ0) is 50.4. The van der Waals surface area contributed by atoms with Crippen molar-refractivity contribution in [3.05, 3.63) is 36.5 Å². The molecule has 0 aromatic rings. The Morgan fingerprint density at radius 1 is 0.580 bits per heavy atom. The van der Waals surface area contributed by atoms with Crippen molar-refractivity contribution in [3.63, 3.8) is 0 Å². The molecule has 0 saturated carbocycles. The van der Waals surface area contributed by atoms with Gasteiger partial charge in [-0.2, -0.15) is 0 Å². The number of amides is 1. The largest absolute Gasteiger partial charge is 0.454 e. The molecule has 0 aromatic carbocycles. The second-order valence-corrected chi connectivity index (χ2v) is 20.0. The first-order chi connectivity index (χ1) is 33.7. The van der Waals surface area contributed by atoms with Crippen molar-refractivity contribution >= 4 is 11.9 Å². The maximum absolute atomic E-state index is 13.4. The van der Waals surface area contributed by atoms with E-state index in [1.165, 1.54) is 122 Å². The van der Waals surface area contributed by atoms with Crippen LogP contribution >= 0.6 is 0 Å². The SMILES string of the molecule is CC/C=C/C/C=C/CCCCCCCCC(O)C(=O)NC(COC1OC(CO)C(O)C(O)C1OC(=O)CCCCCCCCCCCCCCCC)C(O)/C=C/CCCCCCCCCCCCC. The fourth-order valence-electron chi connectivity index (χ4n) is 8.98. The number of aliphatic hydroxyl groups is 5. The van der Waals surface area contributed by atoms with Gasteiger partial charge in [0.05, 0.1) is 25.4 Å². The Labute approximate surface area is 422 Å². The minimum atomic E-state index is -1.61. The predicted octanol–water partition coefficient (Wildman–Crippen LogP) is 12.7. The number of hydrogen-bond acceptors (Lipinski definition) is 10. The molecule has 1 aliphatic rings. The number of aliphatic hydroxyl groups excluding tert-OH is 5. The molecule has 11 heteroatoms. The lowest BCUT2D eigenvalue weighted by Gasteiger charge is -2.41. The summed E-state index contributed by atoms with van der Waals surface area (Å²) in [7, 11) is 0. The monoisotopic (exact) mass is 978 g/mol. The number of carbonyl (C=O) groups is 2. The van der Waals surface area contributed by atoms with E-state index < -0.39 is 67.4 Å². The van der Waals surface area contributed by atoms with Crippen LogP contribution in [0.2, 0.25) is 0 Å². The predicted molar refractivity (Wildman–Crippen MR) is 283 cm³/mol. The molecule has 0 spiro atoms. The summed E-state index contributed by atoms with van der Waals surface area (Å²) in [6, 6.07) is -1.02. The number of nitrogens with one attached hydrogen (secondary N) is 1. The van der Waals surface area contributed by atoms with Crippen molar-refractivity contribution in [2.45, 2.75) is 307 Å². The maximum Gasteiger partial charge on any atom is 0.306 e. The van der Waals surface area contributed by atoms with E-state index >= 15 is 0 Å². The molecule has 1 amide bonds. The standard InChI is InChI=1S/C58H107NO10/c1-4-7-10-13-16-19-22-25-28-31-34-37-40-43-46-53(63)69-56-55(65)54(64)52(47-60)68-58(56)67-48-49(50(61)44-41-38-35-32-29-26-23-20-17-14-11-8-5-2)59-57(66)51(62)45-42-39-36-33-30-27-24-21-18-15-12-9-6-3/h9,12,18,21,41,44,49-52,54-56,58,60-62,64-65H,4-8,10-11,13-17,19-20,22-40,42-43,45-48H2,1-3H3,(H,59,66)/b12-9+,21-18+,44-41+. The Hall–Kier alpha value is -2.12. The second kappa shape index (κ2) is 46.9. The van der Waals surface area contributed by atoms with Crippen molar-refractivity contribution < 1.29 is 49.3 Å². The second-order valence-electron chi connectivity index (χ2n) is 20.0. The quantitative estimate of drug-likeness (QED) is 0.0196. The molecule has 0 bridgehead atoms. The molecule has 1 aliphatic heterocycles. The zero-order valence-corrected chi connectivity index (χ0v) is 44.4. The number of ether oxygens (including phenoxy) is 3. The van der Waals surface area contributed by atoms with Crippen molar-refractivity contribution in [2.75, 3.05) is 13.2 Å². The minimum absolute atomic E-state index is 0.127. The average molecular weight is 978 g/mol. The van der Waals surface area contributed by atoms with Crippen LogP contribution in [-0.2, 0) is 23.8 Å². The summed E-state index contributed by atoms with van der Waals surface area (Å²) in [5, 5.41) is 56.8. The molecule has 0 aromatic heterocycles. The summed E-state index contributed by atoms with van der Waals surface area (Å²) < 4.78 is 17.6. The van der Waals surface area contributed by atoms with Gasteiger partial charge < -0.3 is 45.1 Å². The van der Waals surface area contributed by atoms with Gasteiger partial charge in [0.15, 0.2) is 12.4 Å². The van der Waals surface area contributed by atoms with E-state index in [0.717, 1.165) is 89.9 Å². The molecule has 1 saturated heterocycles. The van der Waals surface area contributed by atoms with Gasteiger partial charge in [0.2, 0.25) is 5.91 Å². The molecule has 6 N–H and O–H groups in total. The van der Waals surface area contributed by atoms with Gasteiger partial charge in [0.25, 0.3) is 0 Å². The first-order valence-electron chi connectivity index (χ1n) is 28.8. The summed E-state index contributed by atoms with van der Waals surface area (Å²) >= 11 is 0. The van der Waals surface area contributed by atoms with Gasteiger partial charge in [-0.25, -0.2) is 0 Å². The van der Waals surface area contributed by atoms with Crippen LogP contribution in [0.1, 0.15) is 258 Å². The molecule has 8 unspecified atom stereocenters.